The maximum absolute atomic E-state index is 12.4. The molecule has 5 nitrogen and oxygen atoms in total. The van der Waals surface area contributed by atoms with E-state index in [1.165, 1.54) is 4.90 Å². The predicted octanol–water partition coefficient (Wildman–Crippen LogP) is 3.21. The van der Waals surface area contributed by atoms with Crippen LogP contribution in [0.3, 0.4) is 0 Å². The van der Waals surface area contributed by atoms with Gasteiger partial charge < -0.3 is 14.4 Å². The standard InChI is InChI=1S/C19H21NO4/c1-13-10-11-15(12-17(13)23-4)19(22)24-14(2)18(21)20(3)16-8-6-5-7-9-16/h5-12,14H,1-4H3/t14-/m0/s1. The summed E-state index contributed by atoms with van der Waals surface area (Å²) in [5, 5.41) is 0. The van der Waals surface area contributed by atoms with E-state index in [0.717, 1.165) is 11.3 Å². The third-order valence-corrected chi connectivity index (χ3v) is 3.75. The summed E-state index contributed by atoms with van der Waals surface area (Å²) < 4.78 is 10.5. The van der Waals surface area contributed by atoms with Gasteiger partial charge >= 0.3 is 5.97 Å². The minimum atomic E-state index is -0.894. The Labute approximate surface area is 141 Å². The summed E-state index contributed by atoms with van der Waals surface area (Å²) in [5.41, 5.74) is 2.00. The first-order valence-electron chi connectivity index (χ1n) is 7.62. The van der Waals surface area contributed by atoms with Crippen molar-refractivity contribution in [2.24, 2.45) is 0 Å². The van der Waals surface area contributed by atoms with Crippen molar-refractivity contribution in [2.75, 3.05) is 19.1 Å². The number of amides is 1. The van der Waals surface area contributed by atoms with Crippen LogP contribution < -0.4 is 9.64 Å². The van der Waals surface area contributed by atoms with Crippen LogP contribution in [0.1, 0.15) is 22.8 Å². The first kappa shape index (κ1) is 17.5. The lowest BCUT2D eigenvalue weighted by Crippen LogP contribution is -2.37. The van der Waals surface area contributed by atoms with Crippen LogP contribution in [-0.4, -0.2) is 32.1 Å². The van der Waals surface area contributed by atoms with Crippen molar-refractivity contribution in [1.29, 1.82) is 0 Å². The number of hydrogen-bond donors (Lipinski definition) is 0. The Morgan fingerprint density at radius 1 is 1.08 bits per heavy atom. The molecule has 2 rings (SSSR count). The van der Waals surface area contributed by atoms with Gasteiger partial charge in [0.1, 0.15) is 5.75 Å². The van der Waals surface area contributed by atoms with Crippen molar-refractivity contribution in [3.05, 3.63) is 59.7 Å². The molecular weight excluding hydrogens is 306 g/mol. The number of hydrogen-bond acceptors (Lipinski definition) is 4. The van der Waals surface area contributed by atoms with E-state index >= 15 is 0 Å². The minimum absolute atomic E-state index is 0.298. The molecule has 0 aliphatic carbocycles. The average Bonchev–Trinajstić information content (AvgIpc) is 2.61. The van der Waals surface area contributed by atoms with Crippen molar-refractivity contribution >= 4 is 17.6 Å². The van der Waals surface area contributed by atoms with Crippen molar-refractivity contribution in [1.82, 2.24) is 0 Å². The van der Waals surface area contributed by atoms with Gasteiger partial charge in [-0.1, -0.05) is 24.3 Å². The second-order valence-electron chi connectivity index (χ2n) is 5.46. The zero-order chi connectivity index (χ0) is 17.7. The average molecular weight is 327 g/mol. The first-order valence-corrected chi connectivity index (χ1v) is 7.62. The number of rotatable bonds is 5. The van der Waals surface area contributed by atoms with Crippen LogP contribution in [-0.2, 0) is 9.53 Å². The van der Waals surface area contributed by atoms with E-state index in [1.54, 1.807) is 39.3 Å². The van der Waals surface area contributed by atoms with Crippen LogP contribution in [0.5, 0.6) is 5.75 Å². The molecule has 0 saturated heterocycles. The second-order valence-corrected chi connectivity index (χ2v) is 5.46. The van der Waals surface area contributed by atoms with Crippen LogP contribution in [0, 0.1) is 6.92 Å². The molecule has 126 valence electrons. The summed E-state index contributed by atoms with van der Waals surface area (Å²) in [6, 6.07) is 14.2. The third-order valence-electron chi connectivity index (χ3n) is 3.75. The highest BCUT2D eigenvalue weighted by molar-refractivity contribution is 5.98. The predicted molar refractivity (Wildman–Crippen MR) is 92.5 cm³/mol. The third kappa shape index (κ3) is 3.93. The summed E-state index contributed by atoms with van der Waals surface area (Å²) in [6.45, 7) is 3.44. The SMILES string of the molecule is COc1cc(C(=O)O[C@@H](C)C(=O)N(C)c2ccccc2)ccc1C. The van der Waals surface area contributed by atoms with Crippen molar-refractivity contribution in [2.45, 2.75) is 20.0 Å². The summed E-state index contributed by atoms with van der Waals surface area (Å²) in [4.78, 5) is 26.1. The number of aryl methyl sites for hydroxylation is 1. The number of esters is 1. The van der Waals surface area contributed by atoms with E-state index in [-0.39, 0.29) is 5.91 Å². The van der Waals surface area contributed by atoms with E-state index in [0.29, 0.717) is 11.3 Å². The highest BCUT2D eigenvalue weighted by Crippen LogP contribution is 2.20. The monoisotopic (exact) mass is 327 g/mol. The van der Waals surface area contributed by atoms with Gasteiger partial charge in [-0.3, -0.25) is 4.79 Å². The first-order chi connectivity index (χ1) is 11.4. The molecule has 0 spiro atoms. The Hall–Kier alpha value is -2.82. The van der Waals surface area contributed by atoms with Crippen molar-refractivity contribution < 1.29 is 19.1 Å². The number of benzene rings is 2. The zero-order valence-electron chi connectivity index (χ0n) is 14.3. The van der Waals surface area contributed by atoms with E-state index in [9.17, 15) is 9.59 Å². The van der Waals surface area contributed by atoms with Gasteiger partial charge in [-0.05, 0) is 43.7 Å². The van der Waals surface area contributed by atoms with Crippen LogP contribution in [0.4, 0.5) is 5.69 Å². The van der Waals surface area contributed by atoms with Gasteiger partial charge in [-0.25, -0.2) is 4.79 Å². The fourth-order valence-electron chi connectivity index (χ4n) is 2.28. The van der Waals surface area contributed by atoms with Gasteiger partial charge in [0, 0.05) is 12.7 Å². The normalized spacial score (nSPS) is 11.5. The van der Waals surface area contributed by atoms with E-state index in [2.05, 4.69) is 0 Å². The minimum Gasteiger partial charge on any atom is -0.496 e. The number of para-hydroxylation sites is 1. The Kier molecular flexibility index (Phi) is 5.58. The maximum atomic E-state index is 12.4. The maximum Gasteiger partial charge on any atom is 0.339 e. The van der Waals surface area contributed by atoms with Crippen LogP contribution in [0.25, 0.3) is 0 Å². The van der Waals surface area contributed by atoms with Crippen molar-refractivity contribution in [3.8, 4) is 5.75 Å². The Morgan fingerprint density at radius 2 is 1.75 bits per heavy atom. The quantitative estimate of drug-likeness (QED) is 0.791. The number of methoxy groups -OCH3 is 1. The molecule has 2 aromatic rings. The number of ether oxygens (including phenoxy) is 2. The van der Waals surface area contributed by atoms with Gasteiger partial charge in [0.25, 0.3) is 5.91 Å². The Bertz CT molecular complexity index is 727. The number of nitrogens with zero attached hydrogens (tertiary/aromatic N) is 1. The van der Waals surface area contributed by atoms with Crippen LogP contribution in [0.2, 0.25) is 0 Å². The van der Waals surface area contributed by atoms with Gasteiger partial charge in [-0.2, -0.15) is 0 Å². The molecule has 0 aliphatic rings. The molecule has 0 heterocycles. The lowest BCUT2D eigenvalue weighted by atomic mass is 10.1. The second kappa shape index (κ2) is 7.64. The van der Waals surface area contributed by atoms with Gasteiger partial charge in [0.05, 0.1) is 12.7 Å². The molecule has 24 heavy (non-hydrogen) atoms. The van der Waals surface area contributed by atoms with E-state index < -0.39 is 12.1 Å². The molecule has 2 aromatic carbocycles. The summed E-state index contributed by atoms with van der Waals surface area (Å²) in [7, 11) is 3.19. The molecule has 0 unspecified atom stereocenters. The number of anilines is 1. The molecule has 0 fully saturated rings. The molecule has 0 aliphatic heterocycles. The van der Waals surface area contributed by atoms with Crippen LogP contribution in [0.15, 0.2) is 48.5 Å². The Balaban J connectivity index is 2.07. The molecule has 0 aromatic heterocycles. The van der Waals surface area contributed by atoms with Crippen LogP contribution >= 0.6 is 0 Å². The zero-order valence-corrected chi connectivity index (χ0v) is 14.3. The lowest BCUT2D eigenvalue weighted by Gasteiger charge is -2.21. The molecule has 1 amide bonds. The number of carbonyl (C=O) groups excluding carboxylic acids is 2. The number of likely N-dealkylation sites (N-methyl/N-ethyl adjacent to an activating group) is 1. The Morgan fingerprint density at radius 3 is 2.38 bits per heavy atom. The smallest absolute Gasteiger partial charge is 0.339 e. The number of carbonyl (C=O) groups is 2. The highest BCUT2D eigenvalue weighted by atomic mass is 16.5. The molecule has 0 saturated carbocycles. The van der Waals surface area contributed by atoms with Gasteiger partial charge in [0.2, 0.25) is 0 Å². The molecule has 0 bridgehead atoms. The molecule has 0 radical (unpaired) electrons. The highest BCUT2D eigenvalue weighted by Gasteiger charge is 2.23. The molecule has 1 atom stereocenters. The van der Waals surface area contributed by atoms with E-state index in [4.69, 9.17) is 9.47 Å². The largest absolute Gasteiger partial charge is 0.496 e. The van der Waals surface area contributed by atoms with Gasteiger partial charge in [0.15, 0.2) is 6.10 Å². The van der Waals surface area contributed by atoms with Crippen molar-refractivity contribution in [3.63, 3.8) is 0 Å². The van der Waals surface area contributed by atoms with Gasteiger partial charge in [-0.15, -0.1) is 0 Å². The summed E-state index contributed by atoms with van der Waals surface area (Å²) in [5.74, 6) is -0.255. The molecular formula is C19H21NO4. The molecule has 0 N–H and O–H groups in total. The molecule has 5 heteroatoms. The topological polar surface area (TPSA) is 55.8 Å². The van der Waals surface area contributed by atoms with E-state index in [1.807, 2.05) is 37.3 Å². The summed E-state index contributed by atoms with van der Waals surface area (Å²) in [6.07, 6.45) is -0.894. The fourth-order valence-corrected chi connectivity index (χ4v) is 2.28. The fraction of sp³-hybridized carbons (Fsp3) is 0.263. The summed E-state index contributed by atoms with van der Waals surface area (Å²) >= 11 is 0. The lowest BCUT2D eigenvalue weighted by molar-refractivity contribution is -0.126.